The van der Waals surface area contributed by atoms with Gasteiger partial charge < -0.3 is 14.9 Å². The second-order valence-electron chi connectivity index (χ2n) is 4.32. The number of aromatic hydroxyl groups is 1. The SMILES string of the molecule is C[C@@H](O)c1ccc(OCc2ccc(O)cc2)c(Cl)c1. The lowest BCUT2D eigenvalue weighted by molar-refractivity contribution is 0.199. The van der Waals surface area contributed by atoms with E-state index in [2.05, 4.69) is 0 Å². The number of rotatable bonds is 4. The standard InChI is InChI=1S/C15H15ClO3/c1-10(17)12-4-7-15(14(16)8-12)19-9-11-2-5-13(18)6-3-11/h2-8,10,17-18H,9H2,1H3/t10-/m1/s1. The Kier molecular flexibility index (Phi) is 4.30. The molecule has 4 heteroatoms. The molecule has 2 aromatic rings. The van der Waals surface area contributed by atoms with Gasteiger partial charge in [-0.25, -0.2) is 0 Å². The van der Waals surface area contributed by atoms with Gasteiger partial charge in [-0.15, -0.1) is 0 Å². The van der Waals surface area contributed by atoms with Crippen LogP contribution in [0.15, 0.2) is 42.5 Å². The number of phenols is 1. The fraction of sp³-hybridized carbons (Fsp3) is 0.200. The van der Waals surface area contributed by atoms with Crippen molar-refractivity contribution in [3.05, 3.63) is 58.6 Å². The van der Waals surface area contributed by atoms with Gasteiger partial charge in [0, 0.05) is 0 Å². The molecule has 19 heavy (non-hydrogen) atoms. The number of hydrogen-bond acceptors (Lipinski definition) is 3. The van der Waals surface area contributed by atoms with Crippen LogP contribution in [0.4, 0.5) is 0 Å². The van der Waals surface area contributed by atoms with Crippen molar-refractivity contribution in [2.75, 3.05) is 0 Å². The van der Waals surface area contributed by atoms with Crippen LogP contribution in [-0.4, -0.2) is 10.2 Å². The Balaban J connectivity index is 2.05. The summed E-state index contributed by atoms with van der Waals surface area (Å²) in [6.07, 6.45) is -0.552. The van der Waals surface area contributed by atoms with Gasteiger partial charge in [0.15, 0.2) is 0 Å². The Morgan fingerprint density at radius 1 is 1.16 bits per heavy atom. The molecular formula is C15H15ClO3. The third kappa shape index (κ3) is 3.63. The van der Waals surface area contributed by atoms with Crippen LogP contribution in [0.1, 0.15) is 24.2 Å². The maximum atomic E-state index is 9.45. The van der Waals surface area contributed by atoms with Crippen LogP contribution in [-0.2, 0) is 6.61 Å². The number of phenolic OH excluding ortho intramolecular Hbond substituents is 1. The van der Waals surface area contributed by atoms with Gasteiger partial charge in [-0.05, 0) is 42.3 Å². The fourth-order valence-electron chi connectivity index (χ4n) is 1.65. The Bertz CT molecular complexity index is 550. The summed E-state index contributed by atoms with van der Waals surface area (Å²) in [6.45, 7) is 2.05. The highest BCUT2D eigenvalue weighted by molar-refractivity contribution is 6.32. The second kappa shape index (κ2) is 5.95. The van der Waals surface area contributed by atoms with Gasteiger partial charge in [0.1, 0.15) is 18.1 Å². The molecule has 0 radical (unpaired) electrons. The van der Waals surface area contributed by atoms with Crippen molar-refractivity contribution in [1.82, 2.24) is 0 Å². The molecule has 2 N–H and O–H groups in total. The zero-order chi connectivity index (χ0) is 13.8. The van der Waals surface area contributed by atoms with E-state index < -0.39 is 6.10 Å². The minimum atomic E-state index is -0.552. The van der Waals surface area contributed by atoms with Gasteiger partial charge in [-0.2, -0.15) is 0 Å². The third-order valence-corrected chi connectivity index (χ3v) is 3.06. The molecule has 0 unspecified atom stereocenters. The summed E-state index contributed by atoms with van der Waals surface area (Å²) in [5.41, 5.74) is 1.69. The first-order valence-corrected chi connectivity index (χ1v) is 6.32. The van der Waals surface area contributed by atoms with E-state index in [9.17, 15) is 10.2 Å². The van der Waals surface area contributed by atoms with Crippen molar-refractivity contribution in [3.63, 3.8) is 0 Å². The molecular weight excluding hydrogens is 264 g/mol. The highest BCUT2D eigenvalue weighted by atomic mass is 35.5. The van der Waals surface area contributed by atoms with E-state index in [1.807, 2.05) is 0 Å². The van der Waals surface area contributed by atoms with E-state index in [0.717, 1.165) is 11.1 Å². The largest absolute Gasteiger partial charge is 0.508 e. The number of aliphatic hydroxyl groups is 1. The molecule has 0 spiro atoms. The van der Waals surface area contributed by atoms with Crippen molar-refractivity contribution in [2.45, 2.75) is 19.6 Å². The zero-order valence-electron chi connectivity index (χ0n) is 10.5. The maximum Gasteiger partial charge on any atom is 0.138 e. The quantitative estimate of drug-likeness (QED) is 0.897. The molecule has 2 rings (SSSR count). The Labute approximate surface area is 117 Å². The molecule has 1 atom stereocenters. The zero-order valence-corrected chi connectivity index (χ0v) is 11.3. The lowest BCUT2D eigenvalue weighted by Crippen LogP contribution is -1.97. The number of ether oxygens (including phenoxy) is 1. The highest BCUT2D eigenvalue weighted by Crippen LogP contribution is 2.28. The Morgan fingerprint density at radius 2 is 1.84 bits per heavy atom. The molecule has 0 aliphatic carbocycles. The summed E-state index contributed by atoms with van der Waals surface area (Å²) in [4.78, 5) is 0. The van der Waals surface area contributed by atoms with Crippen LogP contribution < -0.4 is 4.74 Å². The molecule has 0 heterocycles. The lowest BCUT2D eigenvalue weighted by atomic mass is 10.1. The number of aliphatic hydroxyl groups excluding tert-OH is 1. The average Bonchev–Trinajstić information content (AvgIpc) is 2.39. The van der Waals surface area contributed by atoms with Crippen molar-refractivity contribution < 1.29 is 14.9 Å². The van der Waals surface area contributed by atoms with Gasteiger partial charge in [0.05, 0.1) is 11.1 Å². The number of halogens is 1. The number of benzene rings is 2. The first-order chi connectivity index (χ1) is 9.06. The lowest BCUT2D eigenvalue weighted by Gasteiger charge is -2.11. The van der Waals surface area contributed by atoms with Crippen molar-refractivity contribution in [1.29, 1.82) is 0 Å². The molecule has 0 aromatic heterocycles. The van der Waals surface area contributed by atoms with Crippen LogP contribution >= 0.6 is 11.6 Å². The van der Waals surface area contributed by atoms with Crippen molar-refractivity contribution >= 4 is 11.6 Å². The summed E-state index contributed by atoms with van der Waals surface area (Å²) >= 11 is 6.09. The minimum Gasteiger partial charge on any atom is -0.508 e. The molecule has 2 aromatic carbocycles. The minimum absolute atomic E-state index is 0.225. The summed E-state index contributed by atoms with van der Waals surface area (Å²) in [6, 6.07) is 12.0. The van der Waals surface area contributed by atoms with Gasteiger partial charge in [-0.1, -0.05) is 29.8 Å². The average molecular weight is 279 g/mol. The van der Waals surface area contributed by atoms with Crippen LogP contribution in [0, 0.1) is 0 Å². The summed E-state index contributed by atoms with van der Waals surface area (Å²) in [7, 11) is 0. The molecule has 0 aliphatic rings. The maximum absolute atomic E-state index is 9.45. The molecule has 100 valence electrons. The third-order valence-electron chi connectivity index (χ3n) is 2.77. The smallest absolute Gasteiger partial charge is 0.138 e. The van der Waals surface area contributed by atoms with Gasteiger partial charge in [-0.3, -0.25) is 0 Å². The van der Waals surface area contributed by atoms with Crippen LogP contribution in [0.3, 0.4) is 0 Å². The van der Waals surface area contributed by atoms with Crippen LogP contribution in [0.5, 0.6) is 11.5 Å². The van der Waals surface area contributed by atoms with Crippen molar-refractivity contribution in [2.24, 2.45) is 0 Å². The van der Waals surface area contributed by atoms with Crippen LogP contribution in [0.2, 0.25) is 5.02 Å². The normalized spacial score (nSPS) is 12.2. The van der Waals surface area contributed by atoms with Crippen LogP contribution in [0.25, 0.3) is 0 Å². The van der Waals surface area contributed by atoms with E-state index in [0.29, 0.717) is 17.4 Å². The van der Waals surface area contributed by atoms with Gasteiger partial charge >= 0.3 is 0 Å². The summed E-state index contributed by atoms with van der Waals surface area (Å²) in [5.74, 6) is 0.794. The summed E-state index contributed by atoms with van der Waals surface area (Å²) < 4.78 is 5.60. The fourth-order valence-corrected chi connectivity index (χ4v) is 1.89. The van der Waals surface area contributed by atoms with E-state index in [4.69, 9.17) is 16.3 Å². The van der Waals surface area contributed by atoms with E-state index >= 15 is 0 Å². The number of hydrogen-bond donors (Lipinski definition) is 2. The van der Waals surface area contributed by atoms with Crippen molar-refractivity contribution in [3.8, 4) is 11.5 Å². The second-order valence-corrected chi connectivity index (χ2v) is 4.73. The monoisotopic (exact) mass is 278 g/mol. The Morgan fingerprint density at radius 3 is 2.42 bits per heavy atom. The predicted molar refractivity (Wildman–Crippen MR) is 74.5 cm³/mol. The molecule has 0 bridgehead atoms. The van der Waals surface area contributed by atoms with E-state index in [1.54, 1.807) is 49.4 Å². The van der Waals surface area contributed by atoms with E-state index in [1.165, 1.54) is 0 Å². The predicted octanol–water partition coefficient (Wildman–Crippen LogP) is 3.68. The molecule has 0 saturated heterocycles. The van der Waals surface area contributed by atoms with E-state index in [-0.39, 0.29) is 5.75 Å². The first-order valence-electron chi connectivity index (χ1n) is 5.94. The first kappa shape index (κ1) is 13.7. The molecule has 0 aliphatic heterocycles. The Hall–Kier alpha value is -1.71. The molecule has 3 nitrogen and oxygen atoms in total. The highest BCUT2D eigenvalue weighted by Gasteiger charge is 2.06. The van der Waals surface area contributed by atoms with Gasteiger partial charge in [0.2, 0.25) is 0 Å². The van der Waals surface area contributed by atoms with Gasteiger partial charge in [0.25, 0.3) is 0 Å². The molecule has 0 amide bonds. The molecule has 0 saturated carbocycles. The molecule has 0 fully saturated rings. The summed E-state index contributed by atoms with van der Waals surface area (Å²) in [5, 5.41) is 19.1. The topological polar surface area (TPSA) is 49.7 Å².